The van der Waals surface area contributed by atoms with E-state index in [-0.39, 0.29) is 6.61 Å². The molecule has 0 spiro atoms. The van der Waals surface area contributed by atoms with Gasteiger partial charge in [0.05, 0.1) is 6.61 Å². The lowest BCUT2D eigenvalue weighted by Crippen LogP contribution is -2.03. The number of hydrogen-bond donors (Lipinski definition) is 1. The normalized spacial score (nSPS) is 15.3. The van der Waals surface area contributed by atoms with Gasteiger partial charge in [0.2, 0.25) is 0 Å². The first-order valence-electron chi connectivity index (χ1n) is 5.26. The lowest BCUT2D eigenvalue weighted by Gasteiger charge is -2.08. The molecule has 0 unspecified atom stereocenters. The van der Waals surface area contributed by atoms with Crippen LogP contribution in [-0.4, -0.2) is 18.3 Å². The zero-order valence-electron chi connectivity index (χ0n) is 8.79. The van der Waals surface area contributed by atoms with Gasteiger partial charge in [-0.1, -0.05) is 28.1 Å². The van der Waals surface area contributed by atoms with Crippen molar-refractivity contribution in [1.29, 1.82) is 0 Å². The molecule has 0 aliphatic carbocycles. The number of hydrogen-bond acceptors (Lipinski definition) is 2. The van der Waals surface area contributed by atoms with Gasteiger partial charge in [-0.05, 0) is 37.0 Å². The summed E-state index contributed by atoms with van der Waals surface area (Å²) in [7, 11) is 0. The highest BCUT2D eigenvalue weighted by atomic mass is 79.9. The van der Waals surface area contributed by atoms with Crippen LogP contribution in [0.2, 0.25) is 0 Å². The summed E-state index contributed by atoms with van der Waals surface area (Å²) in [5.74, 6) is 0. The summed E-state index contributed by atoms with van der Waals surface area (Å²) in [6, 6.07) is 7.57. The molecule has 2 rings (SSSR count). The highest BCUT2D eigenvalue weighted by Gasteiger charge is 1.95. The van der Waals surface area contributed by atoms with Crippen LogP contribution in [0.3, 0.4) is 0 Å². The fraction of sp³-hybridized carbons (Fsp3) is 0.500. The Balaban J connectivity index is 0.000000162. The summed E-state index contributed by atoms with van der Waals surface area (Å²) >= 11 is 3.29. The molecule has 1 aromatic carbocycles. The fourth-order valence-electron chi connectivity index (χ4n) is 1.28. The van der Waals surface area contributed by atoms with Crippen molar-refractivity contribution in [3.63, 3.8) is 0 Å². The molecule has 84 valence electrons. The number of aliphatic hydroxyl groups excluding tert-OH is 1. The van der Waals surface area contributed by atoms with Crippen molar-refractivity contribution >= 4 is 15.9 Å². The topological polar surface area (TPSA) is 29.5 Å². The van der Waals surface area contributed by atoms with E-state index in [1.807, 2.05) is 24.3 Å². The zero-order chi connectivity index (χ0) is 10.9. The predicted octanol–water partition coefficient (Wildman–Crippen LogP) is 3.13. The van der Waals surface area contributed by atoms with Crippen LogP contribution in [0.1, 0.15) is 24.8 Å². The number of benzene rings is 1. The molecule has 0 atom stereocenters. The maximum absolute atomic E-state index is 8.61. The molecule has 1 saturated heterocycles. The highest BCUT2D eigenvalue weighted by molar-refractivity contribution is 9.10. The number of halogens is 1. The van der Waals surface area contributed by atoms with Gasteiger partial charge < -0.3 is 9.84 Å². The molecular weight excluding hydrogens is 256 g/mol. The monoisotopic (exact) mass is 272 g/mol. The van der Waals surface area contributed by atoms with Crippen molar-refractivity contribution in [3.8, 4) is 0 Å². The molecule has 1 heterocycles. The Morgan fingerprint density at radius 3 is 2.00 bits per heavy atom. The molecule has 0 radical (unpaired) electrons. The van der Waals surface area contributed by atoms with E-state index in [9.17, 15) is 0 Å². The van der Waals surface area contributed by atoms with Crippen molar-refractivity contribution in [1.82, 2.24) is 0 Å². The van der Waals surface area contributed by atoms with Crippen molar-refractivity contribution in [2.45, 2.75) is 25.9 Å². The van der Waals surface area contributed by atoms with Gasteiger partial charge in [0.1, 0.15) is 0 Å². The number of ether oxygens (including phenoxy) is 1. The van der Waals surface area contributed by atoms with Crippen LogP contribution in [0.15, 0.2) is 28.7 Å². The maximum Gasteiger partial charge on any atom is 0.0681 e. The Kier molecular flexibility index (Phi) is 6.64. The third kappa shape index (κ3) is 5.92. The second kappa shape index (κ2) is 7.85. The smallest absolute Gasteiger partial charge is 0.0681 e. The summed E-state index contributed by atoms with van der Waals surface area (Å²) in [6.45, 7) is 2.12. The number of rotatable bonds is 1. The van der Waals surface area contributed by atoms with E-state index in [2.05, 4.69) is 15.9 Å². The quantitative estimate of drug-likeness (QED) is 0.851. The van der Waals surface area contributed by atoms with Crippen LogP contribution < -0.4 is 0 Å². The van der Waals surface area contributed by atoms with Crippen LogP contribution in [0.5, 0.6) is 0 Å². The van der Waals surface area contributed by atoms with Gasteiger partial charge in [0, 0.05) is 17.7 Å². The standard InChI is InChI=1S/C7H7BrO.C5H10O/c8-7-3-1-6(5-9)2-4-7;1-2-4-6-5-3-1/h1-4,9H,5H2;1-5H2. The second-order valence-electron chi connectivity index (χ2n) is 3.46. The summed E-state index contributed by atoms with van der Waals surface area (Å²) in [5.41, 5.74) is 0.943. The Bertz CT molecular complexity index is 243. The van der Waals surface area contributed by atoms with Gasteiger partial charge >= 0.3 is 0 Å². The molecule has 1 aromatic rings. The van der Waals surface area contributed by atoms with Crippen LogP contribution >= 0.6 is 15.9 Å². The maximum atomic E-state index is 8.61. The minimum Gasteiger partial charge on any atom is -0.392 e. The fourth-order valence-corrected chi connectivity index (χ4v) is 1.54. The van der Waals surface area contributed by atoms with E-state index in [4.69, 9.17) is 9.84 Å². The van der Waals surface area contributed by atoms with Crippen molar-refractivity contribution in [2.75, 3.05) is 13.2 Å². The Hall–Kier alpha value is -0.380. The molecule has 1 N–H and O–H groups in total. The molecule has 3 heteroatoms. The van der Waals surface area contributed by atoms with Crippen molar-refractivity contribution < 1.29 is 9.84 Å². The molecular formula is C12H17BrO2. The summed E-state index contributed by atoms with van der Waals surface area (Å²) in [4.78, 5) is 0. The van der Waals surface area contributed by atoms with Gasteiger partial charge in [0.25, 0.3) is 0 Å². The van der Waals surface area contributed by atoms with E-state index in [1.165, 1.54) is 19.3 Å². The van der Waals surface area contributed by atoms with Crippen molar-refractivity contribution in [2.24, 2.45) is 0 Å². The van der Waals surface area contributed by atoms with Gasteiger partial charge in [-0.3, -0.25) is 0 Å². The predicted molar refractivity (Wildman–Crippen MR) is 64.7 cm³/mol. The van der Waals surface area contributed by atoms with Gasteiger partial charge in [0.15, 0.2) is 0 Å². The summed E-state index contributed by atoms with van der Waals surface area (Å²) in [6.07, 6.45) is 3.93. The molecule has 15 heavy (non-hydrogen) atoms. The Labute approximate surface area is 99.4 Å². The van der Waals surface area contributed by atoms with Gasteiger partial charge in [-0.25, -0.2) is 0 Å². The minimum atomic E-state index is 0.118. The Morgan fingerprint density at radius 2 is 1.67 bits per heavy atom. The molecule has 1 aliphatic rings. The average molecular weight is 273 g/mol. The highest BCUT2D eigenvalue weighted by Crippen LogP contribution is 2.09. The third-order valence-corrected chi connectivity index (χ3v) is 2.70. The van der Waals surface area contributed by atoms with Crippen LogP contribution in [0.4, 0.5) is 0 Å². The van der Waals surface area contributed by atoms with Gasteiger partial charge in [-0.2, -0.15) is 0 Å². The summed E-state index contributed by atoms with van der Waals surface area (Å²) in [5, 5.41) is 8.61. The molecule has 0 bridgehead atoms. The summed E-state index contributed by atoms with van der Waals surface area (Å²) < 4.78 is 6.11. The second-order valence-corrected chi connectivity index (χ2v) is 4.37. The molecule has 2 nitrogen and oxygen atoms in total. The van der Waals surface area contributed by atoms with Crippen molar-refractivity contribution in [3.05, 3.63) is 34.3 Å². The largest absolute Gasteiger partial charge is 0.392 e. The van der Waals surface area contributed by atoms with E-state index in [1.54, 1.807) is 0 Å². The molecule has 0 amide bonds. The van der Waals surface area contributed by atoms with Crippen LogP contribution in [0.25, 0.3) is 0 Å². The SMILES string of the molecule is C1CCOCC1.OCc1ccc(Br)cc1. The first-order valence-corrected chi connectivity index (χ1v) is 6.05. The lowest BCUT2D eigenvalue weighted by molar-refractivity contribution is 0.0968. The van der Waals surface area contributed by atoms with E-state index < -0.39 is 0 Å². The number of aliphatic hydroxyl groups is 1. The molecule has 1 aliphatic heterocycles. The lowest BCUT2D eigenvalue weighted by atomic mass is 10.2. The zero-order valence-corrected chi connectivity index (χ0v) is 10.4. The first kappa shape index (κ1) is 12.7. The third-order valence-electron chi connectivity index (χ3n) is 2.17. The molecule has 1 fully saturated rings. The van der Waals surface area contributed by atoms with E-state index >= 15 is 0 Å². The minimum absolute atomic E-state index is 0.118. The van der Waals surface area contributed by atoms with E-state index in [0.717, 1.165) is 23.2 Å². The Morgan fingerprint density at radius 1 is 1.07 bits per heavy atom. The van der Waals surface area contributed by atoms with Gasteiger partial charge in [-0.15, -0.1) is 0 Å². The first-order chi connectivity index (χ1) is 7.33. The molecule has 0 saturated carbocycles. The van der Waals surface area contributed by atoms with E-state index in [0.29, 0.717) is 0 Å². The average Bonchev–Trinajstić information content (AvgIpc) is 2.33. The van der Waals surface area contributed by atoms with Crippen LogP contribution in [-0.2, 0) is 11.3 Å². The van der Waals surface area contributed by atoms with Crippen LogP contribution in [0, 0.1) is 0 Å². The molecule has 0 aromatic heterocycles.